The summed E-state index contributed by atoms with van der Waals surface area (Å²) in [6.07, 6.45) is 4.30. The molecule has 2 heterocycles. The summed E-state index contributed by atoms with van der Waals surface area (Å²) in [4.78, 5) is 0. The molecule has 2 aliphatic rings. The van der Waals surface area contributed by atoms with Crippen molar-refractivity contribution in [2.45, 2.75) is 37.3 Å². The Hall–Kier alpha value is -0.200. The molecule has 5 nitrogen and oxygen atoms in total. The Bertz CT molecular complexity index is 263. The third kappa shape index (κ3) is 4.40. The molecule has 2 aliphatic heterocycles. The molecule has 1 N–H and O–H groups in total. The van der Waals surface area contributed by atoms with E-state index in [1.807, 2.05) is 7.05 Å². The topological polar surface area (TPSA) is 49.0 Å². The summed E-state index contributed by atoms with van der Waals surface area (Å²) in [6.45, 7) is 4.60. The van der Waals surface area contributed by atoms with Crippen LogP contribution in [0.4, 0.5) is 0 Å². The molecule has 118 valence electrons. The largest absolute Gasteiger partial charge is 0.382 e. The maximum Gasteiger partial charge on any atom is 0.0729 e. The van der Waals surface area contributed by atoms with Crippen molar-refractivity contribution in [3.63, 3.8) is 0 Å². The lowest BCUT2D eigenvalue weighted by Crippen LogP contribution is -2.50. The molecular formula is C15H29NO4. The molecule has 0 aromatic rings. The first-order chi connectivity index (χ1) is 9.79. The summed E-state index contributed by atoms with van der Waals surface area (Å²) in [5.74, 6) is 0.620. The monoisotopic (exact) mass is 287 g/mol. The second-order valence-corrected chi connectivity index (χ2v) is 5.86. The van der Waals surface area contributed by atoms with E-state index in [2.05, 4.69) is 5.32 Å². The first-order valence-corrected chi connectivity index (χ1v) is 7.75. The van der Waals surface area contributed by atoms with Crippen molar-refractivity contribution in [2.75, 3.05) is 53.8 Å². The van der Waals surface area contributed by atoms with E-state index in [-0.39, 0.29) is 5.60 Å². The number of rotatable bonds is 7. The quantitative estimate of drug-likeness (QED) is 0.713. The molecule has 2 fully saturated rings. The van der Waals surface area contributed by atoms with E-state index in [0.29, 0.717) is 25.2 Å². The van der Waals surface area contributed by atoms with Crippen LogP contribution in [0.5, 0.6) is 0 Å². The van der Waals surface area contributed by atoms with Crippen molar-refractivity contribution in [1.29, 1.82) is 0 Å². The van der Waals surface area contributed by atoms with Crippen LogP contribution in [0.25, 0.3) is 0 Å². The molecule has 0 saturated carbocycles. The molecule has 0 aromatic heterocycles. The highest BCUT2D eigenvalue weighted by atomic mass is 16.5. The number of hydrogen-bond donors (Lipinski definition) is 1. The van der Waals surface area contributed by atoms with Gasteiger partial charge in [-0.1, -0.05) is 0 Å². The van der Waals surface area contributed by atoms with E-state index in [0.717, 1.165) is 52.1 Å². The first-order valence-electron chi connectivity index (χ1n) is 7.75. The minimum Gasteiger partial charge on any atom is -0.382 e. The third-order valence-electron chi connectivity index (χ3n) is 4.60. The van der Waals surface area contributed by atoms with Gasteiger partial charge in [0.25, 0.3) is 0 Å². The average molecular weight is 287 g/mol. The van der Waals surface area contributed by atoms with Gasteiger partial charge in [-0.3, -0.25) is 0 Å². The van der Waals surface area contributed by atoms with Crippen LogP contribution in [0.1, 0.15) is 25.7 Å². The number of methoxy groups -OCH3 is 1. The molecule has 0 bridgehead atoms. The Morgan fingerprint density at radius 2 is 2.05 bits per heavy atom. The normalized spacial score (nSPS) is 27.6. The van der Waals surface area contributed by atoms with E-state index in [4.69, 9.17) is 18.9 Å². The fourth-order valence-corrected chi connectivity index (χ4v) is 3.31. The molecule has 1 spiro atoms. The van der Waals surface area contributed by atoms with Gasteiger partial charge in [0.15, 0.2) is 0 Å². The van der Waals surface area contributed by atoms with Crippen molar-refractivity contribution in [2.24, 2.45) is 5.92 Å². The van der Waals surface area contributed by atoms with Crippen LogP contribution in [0.2, 0.25) is 0 Å². The number of likely N-dealkylation sites (N-methyl/N-ethyl adjacent to an activating group) is 1. The average Bonchev–Trinajstić information content (AvgIpc) is 2.48. The predicted molar refractivity (Wildman–Crippen MR) is 77.0 cm³/mol. The first kappa shape index (κ1) is 16.2. The molecule has 0 amide bonds. The highest BCUT2D eigenvalue weighted by Gasteiger charge is 2.40. The number of nitrogens with one attached hydrogen (secondary N) is 1. The van der Waals surface area contributed by atoms with Gasteiger partial charge >= 0.3 is 0 Å². The van der Waals surface area contributed by atoms with E-state index in [1.165, 1.54) is 0 Å². The zero-order chi connectivity index (χ0) is 14.3. The van der Waals surface area contributed by atoms with Crippen molar-refractivity contribution in [3.8, 4) is 0 Å². The zero-order valence-electron chi connectivity index (χ0n) is 12.9. The Balaban J connectivity index is 1.82. The van der Waals surface area contributed by atoms with Gasteiger partial charge in [-0.2, -0.15) is 0 Å². The Morgan fingerprint density at radius 3 is 2.75 bits per heavy atom. The summed E-state index contributed by atoms with van der Waals surface area (Å²) in [5.41, 5.74) is 0.0583. The summed E-state index contributed by atoms with van der Waals surface area (Å²) in [7, 11) is 3.72. The van der Waals surface area contributed by atoms with E-state index in [9.17, 15) is 0 Å². The molecular weight excluding hydrogens is 258 g/mol. The Morgan fingerprint density at radius 1 is 1.25 bits per heavy atom. The standard InChI is InChI=1S/C15H29NO4/c1-16-14(12-19-10-9-17-2)13-3-6-20-15(11-13)4-7-18-8-5-15/h13-14,16H,3-12H2,1-2H3. The minimum atomic E-state index is 0.0583. The van der Waals surface area contributed by atoms with Crippen LogP contribution in [-0.2, 0) is 18.9 Å². The van der Waals surface area contributed by atoms with Crippen molar-refractivity contribution >= 4 is 0 Å². The van der Waals surface area contributed by atoms with Gasteiger partial charge in [-0.25, -0.2) is 0 Å². The van der Waals surface area contributed by atoms with Gasteiger partial charge < -0.3 is 24.3 Å². The molecule has 2 saturated heterocycles. The molecule has 20 heavy (non-hydrogen) atoms. The lowest BCUT2D eigenvalue weighted by molar-refractivity contribution is -0.151. The highest BCUT2D eigenvalue weighted by molar-refractivity contribution is 4.92. The van der Waals surface area contributed by atoms with Crippen molar-refractivity contribution in [3.05, 3.63) is 0 Å². The van der Waals surface area contributed by atoms with Gasteiger partial charge in [-0.05, 0) is 38.6 Å². The smallest absolute Gasteiger partial charge is 0.0729 e. The van der Waals surface area contributed by atoms with Crippen LogP contribution in [0, 0.1) is 5.92 Å². The molecule has 2 rings (SSSR count). The molecule has 0 aromatic carbocycles. The fourth-order valence-electron chi connectivity index (χ4n) is 3.31. The molecule has 0 aliphatic carbocycles. The van der Waals surface area contributed by atoms with E-state index < -0.39 is 0 Å². The van der Waals surface area contributed by atoms with Crippen LogP contribution in [0.15, 0.2) is 0 Å². The van der Waals surface area contributed by atoms with Crippen LogP contribution in [0.3, 0.4) is 0 Å². The molecule has 5 heteroatoms. The van der Waals surface area contributed by atoms with Gasteiger partial charge in [-0.15, -0.1) is 0 Å². The van der Waals surface area contributed by atoms with Gasteiger partial charge in [0.2, 0.25) is 0 Å². The zero-order valence-corrected chi connectivity index (χ0v) is 12.9. The molecule has 2 atom stereocenters. The fraction of sp³-hybridized carbons (Fsp3) is 1.00. The number of hydrogen-bond acceptors (Lipinski definition) is 5. The second-order valence-electron chi connectivity index (χ2n) is 5.86. The lowest BCUT2D eigenvalue weighted by atomic mass is 9.78. The van der Waals surface area contributed by atoms with Crippen LogP contribution < -0.4 is 5.32 Å². The van der Waals surface area contributed by atoms with Crippen LogP contribution >= 0.6 is 0 Å². The van der Waals surface area contributed by atoms with E-state index in [1.54, 1.807) is 7.11 Å². The third-order valence-corrected chi connectivity index (χ3v) is 4.60. The maximum absolute atomic E-state index is 6.11. The van der Waals surface area contributed by atoms with Crippen molar-refractivity contribution in [1.82, 2.24) is 5.32 Å². The lowest BCUT2D eigenvalue weighted by Gasteiger charge is -2.45. The SMILES string of the molecule is CNC(COCCOC)C1CCOC2(CCOCC2)C1. The van der Waals surface area contributed by atoms with Crippen LogP contribution in [-0.4, -0.2) is 65.4 Å². The summed E-state index contributed by atoms with van der Waals surface area (Å²) >= 11 is 0. The summed E-state index contributed by atoms with van der Waals surface area (Å²) in [5, 5.41) is 3.42. The molecule has 2 unspecified atom stereocenters. The van der Waals surface area contributed by atoms with E-state index >= 15 is 0 Å². The van der Waals surface area contributed by atoms with Crippen molar-refractivity contribution < 1.29 is 18.9 Å². The van der Waals surface area contributed by atoms with Gasteiger partial charge in [0.05, 0.1) is 25.4 Å². The second kappa shape index (κ2) is 8.29. The van der Waals surface area contributed by atoms with Gasteiger partial charge in [0, 0.05) is 33.0 Å². The maximum atomic E-state index is 6.11. The summed E-state index contributed by atoms with van der Waals surface area (Å²) in [6, 6.07) is 0.399. The summed E-state index contributed by atoms with van der Waals surface area (Å²) < 4.78 is 22.3. The highest BCUT2D eigenvalue weighted by Crippen LogP contribution is 2.38. The molecule has 0 radical (unpaired) electrons. The minimum absolute atomic E-state index is 0.0583. The number of ether oxygens (including phenoxy) is 4. The Labute approximate surface area is 122 Å². The predicted octanol–water partition coefficient (Wildman–Crippen LogP) is 1.21. The van der Waals surface area contributed by atoms with Gasteiger partial charge in [0.1, 0.15) is 0 Å². The Kier molecular flexibility index (Phi) is 6.71.